The minimum atomic E-state index is -0.619. The second-order valence-corrected chi connectivity index (χ2v) is 5.09. The van der Waals surface area contributed by atoms with E-state index < -0.39 is 11.7 Å². The summed E-state index contributed by atoms with van der Waals surface area (Å²) < 4.78 is 14.1. The molecule has 6 heteroatoms. The van der Waals surface area contributed by atoms with Crippen LogP contribution in [0.5, 0.6) is 5.75 Å². The molecule has 2 aromatic carbocycles. The average Bonchev–Trinajstić information content (AvgIpc) is 2.33. The number of rotatable bonds is 2. The number of carbonyl (C=O) groups excluding carboxylic acids is 1. The van der Waals surface area contributed by atoms with E-state index in [-0.39, 0.29) is 17.0 Å². The molecule has 19 heavy (non-hydrogen) atoms. The molecule has 0 aliphatic carbocycles. The van der Waals surface area contributed by atoms with Gasteiger partial charge in [0, 0.05) is 9.50 Å². The lowest BCUT2D eigenvalue weighted by atomic mass is 10.2. The molecule has 2 N–H and O–H groups in total. The molecule has 3 nitrogen and oxygen atoms in total. The number of hydrogen-bond donors (Lipinski definition) is 2. The summed E-state index contributed by atoms with van der Waals surface area (Å²) in [6.07, 6.45) is 0. The SMILES string of the molecule is O=C(Nc1cc(Cl)ccc1F)c1ccc(Br)cc1O. The highest BCUT2D eigenvalue weighted by atomic mass is 79.9. The van der Waals surface area contributed by atoms with Crippen molar-refractivity contribution in [1.82, 2.24) is 0 Å². The Morgan fingerprint density at radius 3 is 2.68 bits per heavy atom. The molecule has 98 valence electrons. The molecule has 0 unspecified atom stereocenters. The quantitative estimate of drug-likeness (QED) is 0.858. The molecule has 0 bridgehead atoms. The summed E-state index contributed by atoms with van der Waals surface area (Å²) >= 11 is 8.89. The summed E-state index contributed by atoms with van der Waals surface area (Å²) in [6, 6.07) is 8.23. The Morgan fingerprint density at radius 2 is 2.00 bits per heavy atom. The molecule has 2 rings (SSSR count). The Balaban J connectivity index is 2.28. The van der Waals surface area contributed by atoms with Crippen LogP contribution in [0, 0.1) is 5.82 Å². The van der Waals surface area contributed by atoms with E-state index in [1.807, 2.05) is 0 Å². The predicted octanol–water partition coefficient (Wildman–Crippen LogP) is 4.20. The maximum atomic E-state index is 13.5. The Kier molecular flexibility index (Phi) is 4.07. The van der Waals surface area contributed by atoms with Crippen LogP contribution in [0.15, 0.2) is 40.9 Å². The van der Waals surface area contributed by atoms with Gasteiger partial charge in [-0.2, -0.15) is 0 Å². The van der Waals surface area contributed by atoms with Crippen LogP contribution in [-0.4, -0.2) is 11.0 Å². The maximum Gasteiger partial charge on any atom is 0.259 e. The first-order chi connectivity index (χ1) is 8.97. The third-order valence-corrected chi connectivity index (χ3v) is 3.11. The lowest BCUT2D eigenvalue weighted by Gasteiger charge is -2.08. The Labute approximate surface area is 122 Å². The molecule has 0 aliphatic heterocycles. The summed E-state index contributed by atoms with van der Waals surface area (Å²) in [6.45, 7) is 0. The number of aromatic hydroxyl groups is 1. The third-order valence-electron chi connectivity index (χ3n) is 2.38. The highest BCUT2D eigenvalue weighted by Crippen LogP contribution is 2.25. The summed E-state index contributed by atoms with van der Waals surface area (Å²) in [5, 5.41) is 12.3. The van der Waals surface area contributed by atoms with Crippen LogP contribution < -0.4 is 5.32 Å². The number of hydrogen-bond acceptors (Lipinski definition) is 2. The van der Waals surface area contributed by atoms with Gasteiger partial charge in [-0.15, -0.1) is 0 Å². The van der Waals surface area contributed by atoms with Gasteiger partial charge in [-0.3, -0.25) is 4.79 Å². The van der Waals surface area contributed by atoms with Gasteiger partial charge < -0.3 is 10.4 Å². The summed E-state index contributed by atoms with van der Waals surface area (Å²) in [7, 11) is 0. The van der Waals surface area contributed by atoms with Crippen molar-refractivity contribution >= 4 is 39.1 Å². The Morgan fingerprint density at radius 1 is 1.26 bits per heavy atom. The van der Waals surface area contributed by atoms with Crippen molar-refractivity contribution < 1.29 is 14.3 Å². The van der Waals surface area contributed by atoms with Gasteiger partial charge >= 0.3 is 0 Å². The highest BCUT2D eigenvalue weighted by molar-refractivity contribution is 9.10. The highest BCUT2D eigenvalue weighted by Gasteiger charge is 2.13. The van der Waals surface area contributed by atoms with E-state index in [0.29, 0.717) is 9.50 Å². The maximum absolute atomic E-state index is 13.5. The van der Waals surface area contributed by atoms with Gasteiger partial charge in [0.05, 0.1) is 11.3 Å². The van der Waals surface area contributed by atoms with E-state index in [1.165, 1.54) is 24.3 Å². The fourth-order valence-corrected chi connectivity index (χ4v) is 2.00. The Hall–Kier alpha value is -1.59. The van der Waals surface area contributed by atoms with Crippen molar-refractivity contribution in [3.8, 4) is 5.75 Å². The van der Waals surface area contributed by atoms with Crippen LogP contribution >= 0.6 is 27.5 Å². The first-order valence-corrected chi connectivity index (χ1v) is 6.39. The van der Waals surface area contributed by atoms with Crippen molar-refractivity contribution in [2.45, 2.75) is 0 Å². The molecule has 0 aromatic heterocycles. The first-order valence-electron chi connectivity index (χ1n) is 5.22. The molecule has 0 saturated heterocycles. The van der Waals surface area contributed by atoms with Crippen molar-refractivity contribution in [3.63, 3.8) is 0 Å². The van der Waals surface area contributed by atoms with Crippen molar-refractivity contribution in [3.05, 3.63) is 57.3 Å². The van der Waals surface area contributed by atoms with E-state index in [2.05, 4.69) is 21.2 Å². The zero-order valence-electron chi connectivity index (χ0n) is 9.45. The third kappa shape index (κ3) is 3.24. The second-order valence-electron chi connectivity index (χ2n) is 3.74. The van der Waals surface area contributed by atoms with Crippen LogP contribution in [-0.2, 0) is 0 Å². The molecule has 0 aliphatic rings. The number of anilines is 1. The van der Waals surface area contributed by atoms with E-state index in [1.54, 1.807) is 6.07 Å². The number of phenols is 1. The topological polar surface area (TPSA) is 49.3 Å². The minimum absolute atomic E-state index is 0.0418. The monoisotopic (exact) mass is 343 g/mol. The van der Waals surface area contributed by atoms with E-state index >= 15 is 0 Å². The molecule has 0 atom stereocenters. The van der Waals surface area contributed by atoms with Gasteiger partial charge in [0.2, 0.25) is 0 Å². The molecular weight excluding hydrogens is 337 g/mol. The normalized spacial score (nSPS) is 10.3. The second kappa shape index (κ2) is 5.59. The number of halogens is 3. The van der Waals surface area contributed by atoms with E-state index in [4.69, 9.17) is 11.6 Å². The molecule has 2 aromatic rings. The number of carbonyl (C=O) groups is 1. The minimum Gasteiger partial charge on any atom is -0.507 e. The number of phenolic OH excluding ortho intramolecular Hbond substituents is 1. The van der Waals surface area contributed by atoms with Gasteiger partial charge in [0.1, 0.15) is 11.6 Å². The fraction of sp³-hybridized carbons (Fsp3) is 0. The Bertz CT molecular complexity index is 649. The molecule has 0 radical (unpaired) electrons. The predicted molar refractivity (Wildman–Crippen MR) is 75.2 cm³/mol. The van der Waals surface area contributed by atoms with Crippen LogP contribution in [0.4, 0.5) is 10.1 Å². The number of amides is 1. The van der Waals surface area contributed by atoms with Gasteiger partial charge in [0.15, 0.2) is 0 Å². The molecular formula is C13H8BrClFNO2. The first kappa shape index (κ1) is 13.8. The smallest absolute Gasteiger partial charge is 0.259 e. The van der Waals surface area contributed by atoms with Crippen LogP contribution in [0.2, 0.25) is 5.02 Å². The summed E-state index contributed by atoms with van der Waals surface area (Å²) in [5.41, 5.74) is 0.00222. The van der Waals surface area contributed by atoms with Gasteiger partial charge in [0.25, 0.3) is 5.91 Å². The summed E-state index contributed by atoms with van der Waals surface area (Å²) in [4.78, 5) is 11.9. The van der Waals surface area contributed by atoms with Gasteiger partial charge in [-0.1, -0.05) is 27.5 Å². The molecule has 0 heterocycles. The van der Waals surface area contributed by atoms with Crippen LogP contribution in [0.1, 0.15) is 10.4 Å². The molecule has 0 saturated carbocycles. The van der Waals surface area contributed by atoms with Crippen molar-refractivity contribution in [2.24, 2.45) is 0 Å². The van der Waals surface area contributed by atoms with Crippen molar-refractivity contribution in [2.75, 3.05) is 5.32 Å². The fourth-order valence-electron chi connectivity index (χ4n) is 1.48. The zero-order valence-corrected chi connectivity index (χ0v) is 11.8. The van der Waals surface area contributed by atoms with E-state index in [9.17, 15) is 14.3 Å². The van der Waals surface area contributed by atoms with Gasteiger partial charge in [-0.25, -0.2) is 4.39 Å². The molecule has 0 spiro atoms. The average molecular weight is 345 g/mol. The number of nitrogens with one attached hydrogen (secondary N) is 1. The van der Waals surface area contributed by atoms with Crippen molar-refractivity contribution in [1.29, 1.82) is 0 Å². The molecule has 0 fully saturated rings. The lowest BCUT2D eigenvalue weighted by molar-refractivity contribution is 0.102. The van der Waals surface area contributed by atoms with Crippen LogP contribution in [0.3, 0.4) is 0 Å². The summed E-state index contributed by atoms with van der Waals surface area (Å²) in [5.74, 6) is -1.42. The standard InChI is InChI=1S/C13H8BrClFNO2/c14-7-1-3-9(12(18)5-7)13(19)17-11-6-8(15)2-4-10(11)16/h1-6,18H,(H,17,19). The number of benzene rings is 2. The zero-order chi connectivity index (χ0) is 14.0. The molecule has 1 amide bonds. The van der Waals surface area contributed by atoms with Gasteiger partial charge in [-0.05, 0) is 36.4 Å². The lowest BCUT2D eigenvalue weighted by Crippen LogP contribution is -2.13. The van der Waals surface area contributed by atoms with E-state index in [0.717, 1.165) is 6.07 Å². The largest absolute Gasteiger partial charge is 0.507 e. The van der Waals surface area contributed by atoms with Crippen LogP contribution in [0.25, 0.3) is 0 Å².